The number of alkyl halides is 3. The van der Waals surface area contributed by atoms with Crippen LogP contribution in [0.5, 0.6) is 0 Å². The average Bonchev–Trinajstić information content (AvgIpc) is 2.85. The number of ether oxygens (including phenoxy) is 1. The van der Waals surface area contributed by atoms with Crippen LogP contribution in [0.3, 0.4) is 0 Å². The van der Waals surface area contributed by atoms with Crippen LogP contribution in [-0.2, 0) is 14.3 Å². The maximum absolute atomic E-state index is 11.9. The number of fused-ring (bicyclic) bond motifs is 1. The molecule has 0 unspecified atom stereocenters. The lowest BCUT2D eigenvalue weighted by Gasteiger charge is -2.07. The normalized spacial score (nSPS) is 11.8. The predicted molar refractivity (Wildman–Crippen MR) is 85.9 cm³/mol. The molecule has 0 aliphatic carbocycles. The first kappa shape index (κ1) is 18.3. The molecule has 0 saturated carbocycles. The topological polar surface area (TPSA) is 55.4 Å². The molecule has 0 aliphatic heterocycles. The van der Waals surface area contributed by atoms with Crippen LogP contribution in [-0.4, -0.2) is 31.2 Å². The highest BCUT2D eigenvalue weighted by Gasteiger charge is 2.27. The molecule has 0 fully saturated rings. The Kier molecular flexibility index (Phi) is 5.84. The lowest BCUT2D eigenvalue weighted by Crippen LogP contribution is -2.36. The molecule has 128 valence electrons. The fourth-order valence-corrected chi connectivity index (χ4v) is 3.12. The van der Waals surface area contributed by atoms with Gasteiger partial charge in [0.15, 0.2) is 6.61 Å². The Hall–Kier alpha value is -2.06. The minimum Gasteiger partial charge on any atom is -0.452 e. The lowest BCUT2D eigenvalue weighted by molar-refractivity contribution is -0.148. The molecule has 1 aromatic heterocycles. The molecule has 0 saturated heterocycles. The molecule has 9 heteroatoms. The minimum atomic E-state index is -4.52. The van der Waals surface area contributed by atoms with Crippen molar-refractivity contribution in [1.29, 1.82) is 0 Å². The fraction of sp³-hybridized carbons (Fsp3) is 0.200. The number of rotatable bonds is 5. The van der Waals surface area contributed by atoms with Crippen molar-refractivity contribution in [3.8, 4) is 0 Å². The van der Waals surface area contributed by atoms with E-state index in [1.807, 2.05) is 24.3 Å². The molecule has 1 N–H and O–H groups in total. The van der Waals surface area contributed by atoms with Gasteiger partial charge in [-0.15, -0.1) is 11.3 Å². The van der Waals surface area contributed by atoms with E-state index in [2.05, 4.69) is 4.74 Å². The third kappa shape index (κ3) is 5.24. The number of nitrogens with one attached hydrogen (secondary N) is 1. The van der Waals surface area contributed by atoms with Crippen LogP contribution in [0.15, 0.2) is 30.3 Å². The van der Waals surface area contributed by atoms with Gasteiger partial charge in [0.1, 0.15) is 6.54 Å². The van der Waals surface area contributed by atoms with Crippen molar-refractivity contribution < 1.29 is 27.5 Å². The fourth-order valence-electron chi connectivity index (χ4n) is 1.72. The van der Waals surface area contributed by atoms with Crippen molar-refractivity contribution in [1.82, 2.24) is 5.32 Å². The van der Waals surface area contributed by atoms with Crippen molar-refractivity contribution >= 4 is 51.0 Å². The van der Waals surface area contributed by atoms with Gasteiger partial charge in [0.25, 0.3) is 5.91 Å². The number of halogens is 4. The quantitative estimate of drug-likeness (QED) is 0.637. The van der Waals surface area contributed by atoms with Gasteiger partial charge in [0.05, 0.1) is 5.02 Å². The van der Waals surface area contributed by atoms with Crippen molar-refractivity contribution in [2.75, 3.05) is 13.2 Å². The molecule has 0 atom stereocenters. The zero-order valence-electron chi connectivity index (χ0n) is 12.0. The van der Waals surface area contributed by atoms with E-state index in [1.54, 1.807) is 5.32 Å². The Morgan fingerprint density at radius 2 is 2.00 bits per heavy atom. The third-order valence-electron chi connectivity index (χ3n) is 2.76. The summed E-state index contributed by atoms with van der Waals surface area (Å²) in [5.74, 6) is -1.89. The first-order valence-electron chi connectivity index (χ1n) is 6.61. The van der Waals surface area contributed by atoms with Gasteiger partial charge in [0, 0.05) is 21.0 Å². The van der Waals surface area contributed by atoms with Gasteiger partial charge >= 0.3 is 12.1 Å². The highest BCUT2D eigenvalue weighted by molar-refractivity contribution is 7.20. The number of benzene rings is 1. The Labute approximate surface area is 143 Å². The Morgan fingerprint density at radius 3 is 2.67 bits per heavy atom. The number of carbonyl (C=O) groups is 2. The number of thiophene rings is 1. The van der Waals surface area contributed by atoms with Gasteiger partial charge in [0.2, 0.25) is 0 Å². The van der Waals surface area contributed by atoms with Gasteiger partial charge < -0.3 is 10.1 Å². The first-order chi connectivity index (χ1) is 11.3. The molecule has 1 amide bonds. The summed E-state index contributed by atoms with van der Waals surface area (Å²) in [6, 6.07) is 7.42. The molecule has 24 heavy (non-hydrogen) atoms. The van der Waals surface area contributed by atoms with Crippen LogP contribution in [0.1, 0.15) is 4.88 Å². The zero-order valence-corrected chi connectivity index (χ0v) is 13.6. The van der Waals surface area contributed by atoms with Crippen LogP contribution in [0.2, 0.25) is 5.02 Å². The number of esters is 1. The zero-order chi connectivity index (χ0) is 17.7. The summed E-state index contributed by atoms with van der Waals surface area (Å²) in [6.07, 6.45) is -2.02. The molecule has 0 radical (unpaired) electrons. The lowest BCUT2D eigenvalue weighted by atomic mass is 10.2. The molecule has 1 aromatic carbocycles. The number of amides is 1. The smallest absolute Gasteiger partial charge is 0.405 e. The molecule has 0 aliphatic rings. The summed E-state index contributed by atoms with van der Waals surface area (Å²) in [5.41, 5.74) is 0. The minimum absolute atomic E-state index is 0.488. The van der Waals surface area contributed by atoms with E-state index in [0.717, 1.165) is 16.2 Å². The molecule has 0 bridgehead atoms. The monoisotopic (exact) mass is 377 g/mol. The summed E-state index contributed by atoms with van der Waals surface area (Å²) in [5, 5.41) is 2.93. The molecule has 1 heterocycles. The Bertz CT molecular complexity index is 786. The summed E-state index contributed by atoms with van der Waals surface area (Å²) >= 11 is 7.56. The van der Waals surface area contributed by atoms with Crippen molar-refractivity contribution in [2.45, 2.75) is 6.18 Å². The molecular weight excluding hydrogens is 367 g/mol. The highest BCUT2D eigenvalue weighted by atomic mass is 35.5. The highest BCUT2D eigenvalue weighted by Crippen LogP contribution is 2.35. The molecule has 0 spiro atoms. The second-order valence-electron chi connectivity index (χ2n) is 4.61. The Morgan fingerprint density at radius 1 is 1.29 bits per heavy atom. The van der Waals surface area contributed by atoms with E-state index in [-0.39, 0.29) is 0 Å². The summed E-state index contributed by atoms with van der Waals surface area (Å²) in [7, 11) is 0. The van der Waals surface area contributed by atoms with E-state index < -0.39 is 31.2 Å². The van der Waals surface area contributed by atoms with E-state index in [9.17, 15) is 22.8 Å². The molecule has 4 nitrogen and oxygen atoms in total. The van der Waals surface area contributed by atoms with Gasteiger partial charge in [-0.3, -0.25) is 4.79 Å². The predicted octanol–water partition coefficient (Wildman–Crippen LogP) is 3.79. The van der Waals surface area contributed by atoms with Crippen LogP contribution in [0.4, 0.5) is 13.2 Å². The van der Waals surface area contributed by atoms with Crippen LogP contribution in [0, 0.1) is 0 Å². The van der Waals surface area contributed by atoms with Gasteiger partial charge in [-0.2, -0.15) is 13.2 Å². The van der Waals surface area contributed by atoms with Crippen molar-refractivity contribution in [2.24, 2.45) is 0 Å². The van der Waals surface area contributed by atoms with Gasteiger partial charge in [-0.05, 0) is 12.1 Å². The summed E-state index contributed by atoms with van der Waals surface area (Å²) in [4.78, 5) is 23.2. The van der Waals surface area contributed by atoms with E-state index in [1.165, 1.54) is 17.4 Å². The van der Waals surface area contributed by atoms with E-state index >= 15 is 0 Å². The Balaban J connectivity index is 1.88. The SMILES string of the molecule is O=C(COC(=O)/C=C/c1sc2ccccc2c1Cl)NCC(F)(F)F. The van der Waals surface area contributed by atoms with Gasteiger partial charge in [-0.1, -0.05) is 29.8 Å². The third-order valence-corrected chi connectivity index (χ3v) is 4.42. The van der Waals surface area contributed by atoms with Crippen molar-refractivity contribution in [3.63, 3.8) is 0 Å². The number of hydrogen-bond acceptors (Lipinski definition) is 4. The standard InChI is InChI=1S/C15H11ClF3NO3S/c16-14-9-3-1-2-4-10(9)24-11(14)5-6-13(22)23-7-12(21)20-8-15(17,18)19/h1-6H,7-8H2,(H,20,21)/b6-5+. The molecule has 2 aromatic rings. The van der Waals surface area contributed by atoms with Crippen LogP contribution in [0.25, 0.3) is 16.2 Å². The second kappa shape index (κ2) is 7.67. The number of carbonyl (C=O) groups excluding carboxylic acids is 2. The average molecular weight is 378 g/mol. The van der Waals surface area contributed by atoms with E-state index in [0.29, 0.717) is 9.90 Å². The van der Waals surface area contributed by atoms with Crippen LogP contribution < -0.4 is 5.32 Å². The maximum Gasteiger partial charge on any atom is 0.405 e. The van der Waals surface area contributed by atoms with E-state index in [4.69, 9.17) is 11.6 Å². The summed E-state index contributed by atoms with van der Waals surface area (Å²) < 4.78 is 41.2. The first-order valence-corrected chi connectivity index (χ1v) is 7.81. The summed E-state index contributed by atoms with van der Waals surface area (Å²) in [6.45, 7) is -2.27. The van der Waals surface area contributed by atoms with Crippen molar-refractivity contribution in [3.05, 3.63) is 40.2 Å². The van der Waals surface area contributed by atoms with Gasteiger partial charge in [-0.25, -0.2) is 4.79 Å². The molecule has 2 rings (SSSR count). The molecular formula is C15H11ClF3NO3S. The maximum atomic E-state index is 11.9. The van der Waals surface area contributed by atoms with Crippen LogP contribution >= 0.6 is 22.9 Å². The largest absolute Gasteiger partial charge is 0.452 e. The number of hydrogen-bond donors (Lipinski definition) is 1. The second-order valence-corrected chi connectivity index (χ2v) is 6.07.